The zero-order valence-electron chi connectivity index (χ0n) is 28.4. The molecule has 1 saturated carbocycles. The largest absolute Gasteiger partial charge is 0.490 e. The Kier molecular flexibility index (Phi) is 13.1. The van der Waals surface area contributed by atoms with E-state index >= 15 is 0 Å². The van der Waals surface area contributed by atoms with Gasteiger partial charge in [0, 0.05) is 57.6 Å². The molecule has 0 radical (unpaired) electrons. The van der Waals surface area contributed by atoms with Gasteiger partial charge < -0.3 is 34.7 Å². The number of hydrogen-bond donors (Lipinski definition) is 3. The average Bonchev–Trinajstić information content (AvgIpc) is 3.49. The lowest BCUT2D eigenvalue weighted by atomic mass is 9.96. The van der Waals surface area contributed by atoms with Gasteiger partial charge in [0.1, 0.15) is 5.75 Å². The fourth-order valence-electron chi connectivity index (χ4n) is 6.10. The van der Waals surface area contributed by atoms with Gasteiger partial charge in [-0.3, -0.25) is 4.79 Å². The summed E-state index contributed by atoms with van der Waals surface area (Å²) in [6.45, 7) is 5.97. The number of sulfonamides is 1. The van der Waals surface area contributed by atoms with Crippen molar-refractivity contribution in [2.45, 2.75) is 101 Å². The van der Waals surface area contributed by atoms with Crippen LogP contribution in [0.25, 0.3) is 0 Å². The number of fused-ring (bicyclic) bond motifs is 1. The van der Waals surface area contributed by atoms with E-state index in [1.807, 2.05) is 13.8 Å². The first kappa shape index (κ1) is 36.6. The van der Waals surface area contributed by atoms with E-state index in [-0.39, 0.29) is 60.3 Å². The second-order valence-corrected chi connectivity index (χ2v) is 15.1. The topological polar surface area (TPSA) is 155 Å². The molecule has 1 aromatic heterocycles. The minimum Gasteiger partial charge on any atom is -0.490 e. The van der Waals surface area contributed by atoms with Crippen LogP contribution in [0.1, 0.15) is 82.5 Å². The number of hydrogen-bond acceptors (Lipinski definition) is 8. The molecule has 0 bridgehead atoms. The van der Waals surface area contributed by atoms with Gasteiger partial charge in [-0.1, -0.05) is 26.2 Å². The van der Waals surface area contributed by atoms with Gasteiger partial charge in [-0.15, -0.1) is 0 Å². The normalized spacial score (nSPS) is 23.0. The standard InChI is InChI=1S/C33H52N6O7S/c1-23-18-39(24(2)21-40)32(41)28-17-27(36-33(42)35-26-12-7-6-8-13-26)14-15-29(28)46-25(3)11-9-10-16-45-30(23)19-38(5)47(43,44)31-20-37(4)22-34-31/h14-15,17,20,22-26,30,40H,6-13,16,18-19,21H2,1-5H3,(H2,35,36,42)/t23-,24-,25+,30+/m0/s1. The highest BCUT2D eigenvalue weighted by Crippen LogP contribution is 2.29. The molecule has 4 atom stereocenters. The van der Waals surface area contributed by atoms with E-state index in [2.05, 4.69) is 15.6 Å². The Labute approximate surface area is 279 Å². The lowest BCUT2D eigenvalue weighted by molar-refractivity contribution is -0.00835. The van der Waals surface area contributed by atoms with Crippen LogP contribution in [0, 0.1) is 5.92 Å². The van der Waals surface area contributed by atoms with Crippen LogP contribution in [0.3, 0.4) is 0 Å². The molecule has 0 spiro atoms. The van der Waals surface area contributed by atoms with Crippen LogP contribution in [0.4, 0.5) is 10.5 Å². The van der Waals surface area contributed by atoms with Gasteiger partial charge in [0.15, 0.2) is 5.03 Å². The van der Waals surface area contributed by atoms with Crippen molar-refractivity contribution in [1.82, 2.24) is 24.1 Å². The van der Waals surface area contributed by atoms with Crippen molar-refractivity contribution >= 4 is 27.6 Å². The second kappa shape index (κ2) is 16.8. The fourth-order valence-corrected chi connectivity index (χ4v) is 7.24. The number of urea groups is 1. The van der Waals surface area contributed by atoms with Gasteiger partial charge in [0.25, 0.3) is 15.9 Å². The van der Waals surface area contributed by atoms with E-state index in [4.69, 9.17) is 9.47 Å². The lowest BCUT2D eigenvalue weighted by Gasteiger charge is -2.35. The first-order valence-corrected chi connectivity index (χ1v) is 18.2. The number of carbonyl (C=O) groups excluding carboxylic acids is 2. The molecule has 1 aliphatic carbocycles. The number of anilines is 1. The molecule has 0 saturated heterocycles. The molecule has 13 nitrogen and oxygen atoms in total. The van der Waals surface area contributed by atoms with Crippen molar-refractivity contribution in [3.63, 3.8) is 0 Å². The number of imidazole rings is 1. The zero-order valence-corrected chi connectivity index (χ0v) is 29.2. The number of carbonyl (C=O) groups is 2. The summed E-state index contributed by atoms with van der Waals surface area (Å²) in [5.41, 5.74) is 0.721. The summed E-state index contributed by atoms with van der Waals surface area (Å²) < 4.78 is 42.0. The Morgan fingerprint density at radius 2 is 1.87 bits per heavy atom. The number of aliphatic hydroxyl groups excluding tert-OH is 1. The molecule has 1 fully saturated rings. The Morgan fingerprint density at radius 1 is 1.15 bits per heavy atom. The number of nitrogens with one attached hydrogen (secondary N) is 2. The number of nitrogens with zero attached hydrogens (tertiary/aromatic N) is 4. The van der Waals surface area contributed by atoms with E-state index in [1.165, 1.54) is 30.3 Å². The number of amides is 3. The Bertz CT molecular complexity index is 1440. The maximum Gasteiger partial charge on any atom is 0.319 e. The van der Waals surface area contributed by atoms with Gasteiger partial charge in [0.05, 0.1) is 36.7 Å². The fraction of sp³-hybridized carbons (Fsp3) is 0.667. The van der Waals surface area contributed by atoms with Gasteiger partial charge in [-0.2, -0.15) is 4.31 Å². The molecule has 262 valence electrons. The van der Waals surface area contributed by atoms with Crippen LogP contribution in [-0.2, 0) is 21.8 Å². The summed E-state index contributed by atoms with van der Waals surface area (Å²) in [7, 11) is -0.669. The zero-order chi connectivity index (χ0) is 34.1. The third kappa shape index (κ3) is 9.91. The molecule has 47 heavy (non-hydrogen) atoms. The third-order valence-corrected chi connectivity index (χ3v) is 10.8. The summed E-state index contributed by atoms with van der Waals surface area (Å²) in [5.74, 6) is -0.292. The van der Waals surface area contributed by atoms with Crippen LogP contribution in [-0.4, -0.2) is 102 Å². The highest BCUT2D eigenvalue weighted by molar-refractivity contribution is 7.89. The van der Waals surface area contributed by atoms with E-state index in [0.717, 1.165) is 38.5 Å². The average molecular weight is 677 g/mol. The Morgan fingerprint density at radius 3 is 2.55 bits per heavy atom. The summed E-state index contributed by atoms with van der Waals surface area (Å²) >= 11 is 0. The predicted molar refractivity (Wildman–Crippen MR) is 179 cm³/mol. The van der Waals surface area contributed by atoms with Crippen molar-refractivity contribution < 1.29 is 32.6 Å². The first-order valence-electron chi connectivity index (χ1n) is 16.7. The molecule has 1 aromatic carbocycles. The van der Waals surface area contributed by atoms with E-state index in [0.29, 0.717) is 24.5 Å². The maximum absolute atomic E-state index is 14.3. The van der Waals surface area contributed by atoms with Crippen LogP contribution in [0.5, 0.6) is 5.75 Å². The number of likely N-dealkylation sites (N-methyl/N-ethyl adjacent to an activating group) is 1. The summed E-state index contributed by atoms with van der Waals surface area (Å²) in [6, 6.07) is 4.30. The highest BCUT2D eigenvalue weighted by atomic mass is 32.2. The Hall–Kier alpha value is -3.20. The first-order chi connectivity index (χ1) is 22.4. The molecule has 2 heterocycles. The van der Waals surface area contributed by atoms with Gasteiger partial charge >= 0.3 is 6.03 Å². The van der Waals surface area contributed by atoms with Crippen molar-refractivity contribution in [3.05, 3.63) is 36.3 Å². The summed E-state index contributed by atoms with van der Waals surface area (Å²) in [4.78, 5) is 32.8. The van der Waals surface area contributed by atoms with E-state index in [1.54, 1.807) is 41.6 Å². The third-order valence-electron chi connectivity index (χ3n) is 9.04. The number of aromatic nitrogens is 2. The molecular formula is C33H52N6O7S. The maximum atomic E-state index is 14.3. The molecule has 4 rings (SSSR count). The van der Waals surface area contributed by atoms with Gasteiger partial charge in [0.2, 0.25) is 0 Å². The lowest BCUT2D eigenvalue weighted by Crippen LogP contribution is -2.48. The number of benzene rings is 1. The van der Waals surface area contributed by atoms with Gasteiger partial charge in [-0.25, -0.2) is 18.2 Å². The molecule has 3 amide bonds. The molecule has 1 aliphatic heterocycles. The van der Waals surface area contributed by atoms with Crippen LogP contribution in [0.15, 0.2) is 35.7 Å². The van der Waals surface area contributed by atoms with E-state index in [9.17, 15) is 23.1 Å². The van der Waals surface area contributed by atoms with Crippen LogP contribution >= 0.6 is 0 Å². The minimum absolute atomic E-state index is 0.0515. The number of aryl methyl sites for hydroxylation is 1. The SMILES string of the molecule is C[C@@H]1CCCCO[C@H](CN(C)S(=O)(=O)c2cn(C)cn2)[C@@H](C)CN([C@@H](C)CO)C(=O)c2cc(NC(=O)NC3CCCCC3)ccc2O1. The second-order valence-electron chi connectivity index (χ2n) is 13.1. The number of ether oxygens (including phenoxy) is 2. The van der Waals surface area contributed by atoms with Crippen molar-refractivity contribution in [3.8, 4) is 5.75 Å². The Balaban J connectivity index is 1.60. The number of aliphatic hydroxyl groups is 1. The van der Waals surface area contributed by atoms with Crippen LogP contribution < -0.4 is 15.4 Å². The summed E-state index contributed by atoms with van der Waals surface area (Å²) in [6.07, 6.45) is 9.67. The molecule has 3 N–H and O–H groups in total. The summed E-state index contributed by atoms with van der Waals surface area (Å²) in [5, 5.41) is 16.1. The monoisotopic (exact) mass is 676 g/mol. The highest BCUT2D eigenvalue weighted by Gasteiger charge is 2.33. The molecule has 2 aliphatic rings. The van der Waals surface area contributed by atoms with Gasteiger partial charge in [-0.05, 0) is 64.2 Å². The minimum atomic E-state index is -3.87. The van der Waals surface area contributed by atoms with Crippen molar-refractivity contribution in [1.29, 1.82) is 0 Å². The number of rotatable bonds is 8. The van der Waals surface area contributed by atoms with Crippen molar-refractivity contribution in [2.24, 2.45) is 13.0 Å². The predicted octanol–water partition coefficient (Wildman–Crippen LogP) is 3.99. The molecule has 2 aromatic rings. The molecule has 14 heteroatoms. The smallest absolute Gasteiger partial charge is 0.319 e. The molecular weight excluding hydrogens is 624 g/mol. The van der Waals surface area contributed by atoms with Crippen LogP contribution in [0.2, 0.25) is 0 Å². The van der Waals surface area contributed by atoms with Crippen molar-refractivity contribution in [2.75, 3.05) is 38.7 Å². The molecule has 0 unspecified atom stereocenters. The van der Waals surface area contributed by atoms with E-state index < -0.39 is 22.2 Å². The quantitative estimate of drug-likeness (QED) is 0.379.